The molecule has 124 valence electrons. The molecule has 7 heteroatoms. The van der Waals surface area contributed by atoms with E-state index >= 15 is 0 Å². The van der Waals surface area contributed by atoms with Crippen LogP contribution in [-0.2, 0) is 0 Å². The molecule has 23 heavy (non-hydrogen) atoms. The van der Waals surface area contributed by atoms with Crippen LogP contribution in [0.25, 0.3) is 0 Å². The van der Waals surface area contributed by atoms with Crippen molar-refractivity contribution in [3.05, 3.63) is 29.2 Å². The Labute approximate surface area is 135 Å². The SMILES string of the molecule is Cc1nc([C@H]2CCCCCN2C(=O)c2cc(C(C)C)[nH]n2)no1. The lowest BCUT2D eigenvalue weighted by molar-refractivity contribution is 0.0664. The van der Waals surface area contributed by atoms with E-state index in [1.165, 1.54) is 0 Å². The van der Waals surface area contributed by atoms with Gasteiger partial charge in [0.1, 0.15) is 5.69 Å². The number of H-pyrrole nitrogens is 1. The molecule has 0 radical (unpaired) electrons. The summed E-state index contributed by atoms with van der Waals surface area (Å²) in [5.41, 5.74) is 1.43. The number of hydrogen-bond acceptors (Lipinski definition) is 5. The van der Waals surface area contributed by atoms with Crippen LogP contribution in [0, 0.1) is 6.92 Å². The van der Waals surface area contributed by atoms with Gasteiger partial charge in [-0.25, -0.2) is 0 Å². The number of carbonyl (C=O) groups excluding carboxylic acids is 1. The van der Waals surface area contributed by atoms with Crippen molar-refractivity contribution in [2.75, 3.05) is 6.54 Å². The second-order valence-corrected chi connectivity index (χ2v) is 6.40. The van der Waals surface area contributed by atoms with Gasteiger partial charge in [0, 0.05) is 19.2 Å². The maximum absolute atomic E-state index is 12.9. The lowest BCUT2D eigenvalue weighted by Crippen LogP contribution is -2.35. The second kappa shape index (κ2) is 6.52. The van der Waals surface area contributed by atoms with E-state index in [0.29, 0.717) is 29.9 Å². The summed E-state index contributed by atoms with van der Waals surface area (Å²) >= 11 is 0. The van der Waals surface area contributed by atoms with Crippen LogP contribution < -0.4 is 0 Å². The topological polar surface area (TPSA) is 87.9 Å². The Kier molecular flexibility index (Phi) is 4.45. The van der Waals surface area contributed by atoms with Gasteiger partial charge in [-0.1, -0.05) is 31.8 Å². The summed E-state index contributed by atoms with van der Waals surface area (Å²) in [5, 5.41) is 11.2. The third-order valence-electron chi connectivity index (χ3n) is 4.29. The highest BCUT2D eigenvalue weighted by Crippen LogP contribution is 2.29. The van der Waals surface area contributed by atoms with Crippen LogP contribution in [0.4, 0.5) is 0 Å². The molecule has 2 aromatic rings. The average molecular weight is 317 g/mol. The number of nitrogens with zero attached hydrogens (tertiary/aromatic N) is 4. The lowest BCUT2D eigenvalue weighted by atomic mass is 10.1. The molecule has 1 aliphatic heterocycles. The molecule has 3 heterocycles. The monoisotopic (exact) mass is 317 g/mol. The quantitative estimate of drug-likeness (QED) is 0.940. The first-order chi connectivity index (χ1) is 11.1. The zero-order chi connectivity index (χ0) is 16.4. The second-order valence-electron chi connectivity index (χ2n) is 6.40. The predicted octanol–water partition coefficient (Wildman–Crippen LogP) is 2.98. The zero-order valence-electron chi connectivity index (χ0n) is 13.9. The van der Waals surface area contributed by atoms with Gasteiger partial charge >= 0.3 is 0 Å². The number of carbonyl (C=O) groups is 1. The molecule has 1 saturated heterocycles. The van der Waals surface area contributed by atoms with Crippen LogP contribution in [0.3, 0.4) is 0 Å². The van der Waals surface area contributed by atoms with E-state index in [0.717, 1.165) is 31.4 Å². The van der Waals surface area contributed by atoms with Gasteiger partial charge in [-0.2, -0.15) is 10.1 Å². The van der Waals surface area contributed by atoms with Crippen molar-refractivity contribution in [1.29, 1.82) is 0 Å². The minimum atomic E-state index is -0.137. The van der Waals surface area contributed by atoms with Crippen LogP contribution >= 0.6 is 0 Å². The summed E-state index contributed by atoms with van der Waals surface area (Å²) < 4.78 is 5.11. The molecule has 1 N–H and O–H groups in total. The summed E-state index contributed by atoms with van der Waals surface area (Å²) in [5.74, 6) is 1.36. The van der Waals surface area contributed by atoms with Gasteiger partial charge in [0.05, 0.1) is 6.04 Å². The molecule has 3 rings (SSSR count). The largest absolute Gasteiger partial charge is 0.340 e. The van der Waals surface area contributed by atoms with Gasteiger partial charge in [-0.15, -0.1) is 0 Å². The fourth-order valence-corrected chi connectivity index (χ4v) is 2.96. The Morgan fingerprint density at radius 3 is 2.87 bits per heavy atom. The Bertz CT molecular complexity index is 676. The Morgan fingerprint density at radius 1 is 1.39 bits per heavy atom. The normalized spacial score (nSPS) is 19.1. The molecule has 0 saturated carbocycles. The Hall–Kier alpha value is -2.18. The molecule has 0 bridgehead atoms. The highest BCUT2D eigenvalue weighted by atomic mass is 16.5. The fourth-order valence-electron chi connectivity index (χ4n) is 2.96. The number of likely N-dealkylation sites (tertiary alicyclic amines) is 1. The van der Waals surface area contributed by atoms with Gasteiger partial charge in [0.25, 0.3) is 5.91 Å². The maximum atomic E-state index is 12.9. The fraction of sp³-hybridized carbons (Fsp3) is 0.625. The van der Waals surface area contributed by atoms with Crippen molar-refractivity contribution in [2.24, 2.45) is 0 Å². The van der Waals surface area contributed by atoms with Gasteiger partial charge in [0.15, 0.2) is 5.82 Å². The van der Waals surface area contributed by atoms with Crippen molar-refractivity contribution in [2.45, 2.75) is 58.4 Å². The van der Waals surface area contributed by atoms with Crippen molar-refractivity contribution in [3.63, 3.8) is 0 Å². The number of hydrogen-bond donors (Lipinski definition) is 1. The highest BCUT2D eigenvalue weighted by Gasteiger charge is 2.31. The van der Waals surface area contributed by atoms with E-state index in [4.69, 9.17) is 4.52 Å². The number of aromatic nitrogens is 4. The third-order valence-corrected chi connectivity index (χ3v) is 4.29. The number of nitrogens with one attached hydrogen (secondary N) is 1. The lowest BCUT2D eigenvalue weighted by Gasteiger charge is -2.27. The van der Waals surface area contributed by atoms with E-state index in [-0.39, 0.29) is 11.9 Å². The van der Waals surface area contributed by atoms with E-state index in [2.05, 4.69) is 34.2 Å². The summed E-state index contributed by atoms with van der Waals surface area (Å²) in [6, 6.07) is 1.71. The highest BCUT2D eigenvalue weighted by molar-refractivity contribution is 5.92. The number of rotatable bonds is 3. The number of aromatic amines is 1. The van der Waals surface area contributed by atoms with E-state index in [1.54, 1.807) is 6.92 Å². The van der Waals surface area contributed by atoms with Crippen LogP contribution in [0.15, 0.2) is 10.6 Å². The first-order valence-corrected chi connectivity index (χ1v) is 8.22. The zero-order valence-corrected chi connectivity index (χ0v) is 13.9. The molecule has 7 nitrogen and oxygen atoms in total. The van der Waals surface area contributed by atoms with E-state index < -0.39 is 0 Å². The maximum Gasteiger partial charge on any atom is 0.274 e. The molecule has 1 fully saturated rings. The number of amides is 1. The molecule has 2 aromatic heterocycles. The van der Waals surface area contributed by atoms with Crippen molar-refractivity contribution in [1.82, 2.24) is 25.2 Å². The third kappa shape index (κ3) is 3.28. The minimum absolute atomic E-state index is 0.0671. The van der Waals surface area contributed by atoms with Gasteiger partial charge in [0.2, 0.25) is 5.89 Å². The van der Waals surface area contributed by atoms with Gasteiger partial charge < -0.3 is 9.42 Å². The molecular formula is C16H23N5O2. The van der Waals surface area contributed by atoms with Crippen LogP contribution in [0.2, 0.25) is 0 Å². The molecule has 0 spiro atoms. The molecule has 1 aliphatic rings. The molecular weight excluding hydrogens is 294 g/mol. The van der Waals surface area contributed by atoms with Gasteiger partial charge in [-0.3, -0.25) is 9.89 Å². The van der Waals surface area contributed by atoms with Crippen molar-refractivity contribution >= 4 is 5.91 Å². The Balaban J connectivity index is 1.87. The molecule has 1 amide bonds. The first kappa shape index (κ1) is 15.7. The minimum Gasteiger partial charge on any atom is -0.340 e. The van der Waals surface area contributed by atoms with E-state index in [1.807, 2.05) is 11.0 Å². The van der Waals surface area contributed by atoms with Crippen molar-refractivity contribution < 1.29 is 9.32 Å². The average Bonchev–Trinajstić information content (AvgIpc) is 3.10. The molecule has 1 atom stereocenters. The molecule has 0 aromatic carbocycles. The first-order valence-electron chi connectivity index (χ1n) is 8.22. The van der Waals surface area contributed by atoms with E-state index in [9.17, 15) is 4.79 Å². The molecule has 0 unspecified atom stereocenters. The van der Waals surface area contributed by atoms with Crippen LogP contribution in [0.5, 0.6) is 0 Å². The summed E-state index contributed by atoms with van der Waals surface area (Å²) in [6.45, 7) is 6.60. The van der Waals surface area contributed by atoms with Crippen molar-refractivity contribution in [3.8, 4) is 0 Å². The van der Waals surface area contributed by atoms with Crippen LogP contribution in [-0.4, -0.2) is 37.7 Å². The summed E-state index contributed by atoms with van der Waals surface area (Å²) in [6.07, 6.45) is 4.00. The Morgan fingerprint density at radius 2 is 2.22 bits per heavy atom. The summed E-state index contributed by atoms with van der Waals surface area (Å²) in [7, 11) is 0. The van der Waals surface area contributed by atoms with Gasteiger partial charge in [-0.05, 0) is 24.8 Å². The predicted molar refractivity (Wildman–Crippen MR) is 84.0 cm³/mol. The van der Waals surface area contributed by atoms with Crippen LogP contribution in [0.1, 0.15) is 79.4 Å². The number of aryl methyl sites for hydroxylation is 1. The standard InChI is InChI=1S/C16H23N5O2/c1-10(2)12-9-13(19-18-12)16(22)21-8-6-4-5-7-14(21)15-17-11(3)23-20-15/h9-10,14H,4-8H2,1-3H3,(H,18,19)/t14-/m1/s1. The summed E-state index contributed by atoms with van der Waals surface area (Å²) in [4.78, 5) is 19.1. The smallest absolute Gasteiger partial charge is 0.274 e. The molecule has 0 aliphatic carbocycles.